The van der Waals surface area contributed by atoms with E-state index in [2.05, 4.69) is 35.1 Å². The van der Waals surface area contributed by atoms with E-state index in [1.807, 2.05) is 24.3 Å². The molecule has 10 rings (SSSR count). The summed E-state index contributed by atoms with van der Waals surface area (Å²) in [5, 5.41) is 29.2. The lowest BCUT2D eigenvalue weighted by Gasteiger charge is -2.15. The molecule has 0 radical (unpaired) electrons. The molecule has 2 saturated carbocycles. The molecule has 4 aromatic heterocycles. The lowest BCUT2D eigenvalue weighted by Crippen LogP contribution is -2.32. The SMILES string of the molecule is NC(=O)c1cc(-c2ccc3c(c2CC(=O)NS(=O)(=O)c2cnn(C4CC4)n2)CCC3)ccn1.NC(=O)c1cc(-c2ccc3c(c2CC(=O)O)CCC3)ccn1.NS(=O)(=O)c1cnn(C2CC2)n1. The Morgan fingerprint density at radius 1 is 0.657 bits per heavy atom. The molecule has 67 heavy (non-hydrogen) atoms. The van der Waals surface area contributed by atoms with Crippen molar-refractivity contribution in [2.45, 2.75) is 99.2 Å². The summed E-state index contributed by atoms with van der Waals surface area (Å²) >= 11 is 0. The molecule has 0 spiro atoms. The molecule has 4 heterocycles. The monoisotopic (exact) mass is 950 g/mol. The quantitative estimate of drug-likeness (QED) is 0.111. The Balaban J connectivity index is 0.000000153. The molecule has 6 aromatic rings. The van der Waals surface area contributed by atoms with Crippen LogP contribution in [0.2, 0.25) is 0 Å². The van der Waals surface area contributed by atoms with Crippen LogP contribution in [-0.4, -0.2) is 85.6 Å². The van der Waals surface area contributed by atoms with Crippen LogP contribution in [0.1, 0.15) is 105 Å². The normalized spacial score (nSPS) is 15.0. The van der Waals surface area contributed by atoms with E-state index in [9.17, 15) is 41.1 Å². The Morgan fingerprint density at radius 2 is 1.12 bits per heavy atom. The molecule has 348 valence electrons. The molecule has 2 aromatic carbocycles. The number of carbonyl (C=O) groups is 4. The van der Waals surface area contributed by atoms with Gasteiger partial charge in [0, 0.05) is 12.4 Å². The number of hydrogen-bond donors (Lipinski definition) is 5. The summed E-state index contributed by atoms with van der Waals surface area (Å²) in [5.74, 6) is -2.77. The highest BCUT2D eigenvalue weighted by Gasteiger charge is 2.30. The van der Waals surface area contributed by atoms with Crippen molar-refractivity contribution < 1.29 is 41.1 Å². The van der Waals surface area contributed by atoms with Gasteiger partial charge in [0.2, 0.25) is 16.0 Å². The second kappa shape index (κ2) is 18.9. The molecular weight excluding hydrogens is 905 g/mol. The average Bonchev–Trinajstić information content (AvgIpc) is 4.00. The predicted octanol–water partition coefficient (Wildman–Crippen LogP) is 2.53. The maximum absolute atomic E-state index is 12.9. The molecular formula is C44H46N12O9S2. The molecule has 4 aliphatic carbocycles. The number of aliphatic carboxylic acids is 1. The topological polar surface area (TPSA) is 334 Å². The van der Waals surface area contributed by atoms with Crippen molar-refractivity contribution in [1.82, 2.24) is 44.7 Å². The third-order valence-corrected chi connectivity index (χ3v) is 13.7. The number of nitrogens with zero attached hydrogens (tertiary/aromatic N) is 8. The summed E-state index contributed by atoms with van der Waals surface area (Å²) in [6, 6.07) is 15.0. The van der Waals surface area contributed by atoms with Crippen LogP contribution < -0.4 is 21.3 Å². The van der Waals surface area contributed by atoms with Crippen molar-refractivity contribution in [2.24, 2.45) is 16.6 Å². The van der Waals surface area contributed by atoms with E-state index in [0.717, 1.165) is 115 Å². The first-order chi connectivity index (χ1) is 31.9. The van der Waals surface area contributed by atoms with Crippen molar-refractivity contribution in [3.05, 3.63) is 118 Å². The van der Waals surface area contributed by atoms with Crippen LogP contribution in [-0.2, 0) is 68.2 Å². The minimum absolute atomic E-state index is 0.0211. The van der Waals surface area contributed by atoms with Crippen molar-refractivity contribution in [2.75, 3.05) is 0 Å². The first kappa shape index (κ1) is 46.3. The predicted molar refractivity (Wildman–Crippen MR) is 239 cm³/mol. The molecule has 0 unspecified atom stereocenters. The number of aryl methyl sites for hydroxylation is 2. The molecule has 21 nitrogen and oxygen atoms in total. The van der Waals surface area contributed by atoms with Gasteiger partial charge in [0.1, 0.15) is 11.4 Å². The summed E-state index contributed by atoms with van der Waals surface area (Å²) in [6.45, 7) is 0. The largest absolute Gasteiger partial charge is 0.481 e. The molecule has 0 saturated heterocycles. The fourth-order valence-corrected chi connectivity index (χ4v) is 9.43. The molecule has 0 atom stereocenters. The number of nitrogens with one attached hydrogen (secondary N) is 1. The van der Waals surface area contributed by atoms with Crippen molar-refractivity contribution in [3.8, 4) is 22.3 Å². The summed E-state index contributed by atoms with van der Waals surface area (Å²) in [6.07, 6.45) is 14.6. The molecule has 3 amide bonds. The maximum Gasteiger partial charge on any atom is 0.307 e. The average molecular weight is 951 g/mol. The van der Waals surface area contributed by atoms with Gasteiger partial charge in [-0.25, -0.2) is 18.3 Å². The molecule has 0 aliphatic heterocycles. The van der Waals surface area contributed by atoms with E-state index in [1.165, 1.54) is 33.7 Å². The van der Waals surface area contributed by atoms with Gasteiger partial charge in [0.25, 0.3) is 31.9 Å². The van der Waals surface area contributed by atoms with Crippen molar-refractivity contribution >= 4 is 43.7 Å². The highest BCUT2D eigenvalue weighted by atomic mass is 32.2. The second-order valence-electron chi connectivity index (χ2n) is 16.5. The van der Waals surface area contributed by atoms with Gasteiger partial charge < -0.3 is 16.6 Å². The fourth-order valence-electron chi connectivity index (χ4n) is 8.18. The second-order valence-corrected chi connectivity index (χ2v) is 19.7. The number of primary sulfonamides is 1. The molecule has 23 heteroatoms. The Morgan fingerprint density at radius 3 is 1.55 bits per heavy atom. The van der Waals surface area contributed by atoms with Gasteiger partial charge in [-0.05, 0) is 144 Å². The number of sulfonamides is 2. The first-order valence-corrected chi connectivity index (χ1v) is 24.4. The standard InChI is InChI=1S/C22H22N6O4S.C17H16N2O3.C5H8N4O2S/c23-22(30)19-10-14(8-9-24-19)17-7-4-13-2-1-3-16(13)18(17)11-20(29)27-33(31,32)21-12-25-28(26-21)15-5-6-15;18-17(22)15-8-11(6-7-19-15)13-5-4-10-2-1-3-12(10)14(13)9-16(20)21;6-12(10,11)5-3-7-9(8-5)4-1-2-4/h4,7-10,12,15H,1-3,5-6,11H2,(H2,23,30)(H,27,29);4-8H,1-3,9H2,(H2,18,22)(H,20,21);3-4H,1-2H2,(H2,6,10,11). The third-order valence-electron chi connectivity index (χ3n) is 11.7. The van der Waals surface area contributed by atoms with Crippen LogP contribution in [0.25, 0.3) is 22.3 Å². The van der Waals surface area contributed by atoms with Crippen LogP contribution in [0.15, 0.2) is 83.4 Å². The molecule has 2 fully saturated rings. The smallest absolute Gasteiger partial charge is 0.307 e. The van der Waals surface area contributed by atoms with Gasteiger partial charge >= 0.3 is 5.97 Å². The number of primary amides is 2. The Labute approximate surface area is 384 Å². The van der Waals surface area contributed by atoms with E-state index in [1.54, 1.807) is 24.3 Å². The number of benzene rings is 2. The first-order valence-electron chi connectivity index (χ1n) is 21.4. The van der Waals surface area contributed by atoms with Crippen LogP contribution in [0.4, 0.5) is 0 Å². The van der Waals surface area contributed by atoms with E-state index in [0.29, 0.717) is 5.56 Å². The Hall–Kier alpha value is -7.24. The summed E-state index contributed by atoms with van der Waals surface area (Å²) in [5.41, 5.74) is 20.1. The van der Waals surface area contributed by atoms with Crippen LogP contribution in [0.3, 0.4) is 0 Å². The zero-order chi connectivity index (χ0) is 47.6. The number of carboxylic acid groups (broad SMARTS) is 1. The molecule has 8 N–H and O–H groups in total. The number of fused-ring (bicyclic) bond motifs is 2. The summed E-state index contributed by atoms with van der Waals surface area (Å²) < 4.78 is 49.0. The van der Waals surface area contributed by atoms with Crippen molar-refractivity contribution in [3.63, 3.8) is 0 Å². The van der Waals surface area contributed by atoms with Crippen LogP contribution >= 0.6 is 0 Å². The Bertz CT molecular complexity index is 3160. The van der Waals surface area contributed by atoms with Gasteiger partial charge in [-0.2, -0.15) is 28.2 Å². The summed E-state index contributed by atoms with van der Waals surface area (Å²) in [4.78, 5) is 57.7. The van der Waals surface area contributed by atoms with Gasteiger partial charge in [-0.1, -0.05) is 24.3 Å². The van der Waals surface area contributed by atoms with E-state index < -0.39 is 43.7 Å². The van der Waals surface area contributed by atoms with E-state index in [4.69, 9.17) is 16.6 Å². The number of amides is 3. The molecule has 4 aliphatic rings. The van der Waals surface area contributed by atoms with E-state index >= 15 is 0 Å². The number of nitrogens with two attached hydrogens (primary N) is 3. The lowest BCUT2D eigenvalue weighted by molar-refractivity contribution is -0.136. The lowest BCUT2D eigenvalue weighted by atomic mass is 9.91. The van der Waals surface area contributed by atoms with Crippen LogP contribution in [0, 0.1) is 0 Å². The molecule has 0 bridgehead atoms. The number of rotatable bonds is 13. The Kier molecular flexibility index (Phi) is 13.1. The third kappa shape index (κ3) is 10.9. The number of carboxylic acids is 1. The van der Waals surface area contributed by atoms with Gasteiger partial charge in [-0.15, -0.1) is 10.2 Å². The highest BCUT2D eigenvalue weighted by Crippen LogP contribution is 2.37. The number of hydrogen-bond acceptors (Lipinski definition) is 14. The zero-order valence-corrected chi connectivity index (χ0v) is 37.5. The number of carbonyl (C=O) groups excluding carboxylic acids is 3. The van der Waals surface area contributed by atoms with E-state index in [-0.39, 0.29) is 46.4 Å². The van der Waals surface area contributed by atoms with Gasteiger partial charge in [0.15, 0.2) is 0 Å². The summed E-state index contributed by atoms with van der Waals surface area (Å²) in [7, 11) is -7.82. The maximum atomic E-state index is 12.9. The van der Waals surface area contributed by atoms with Crippen molar-refractivity contribution in [1.29, 1.82) is 0 Å². The zero-order valence-electron chi connectivity index (χ0n) is 35.9. The van der Waals surface area contributed by atoms with Gasteiger partial charge in [-0.3, -0.25) is 29.1 Å². The van der Waals surface area contributed by atoms with Gasteiger partial charge in [0.05, 0.1) is 37.3 Å². The highest BCUT2D eigenvalue weighted by molar-refractivity contribution is 7.90. The number of pyridine rings is 2. The minimum Gasteiger partial charge on any atom is -0.481 e. The number of aromatic nitrogens is 8. The fraction of sp³-hybridized carbons (Fsp3) is 0.318. The van der Waals surface area contributed by atoms with Crippen LogP contribution in [0.5, 0.6) is 0 Å². The minimum atomic E-state index is -4.14.